The van der Waals surface area contributed by atoms with E-state index in [4.69, 9.17) is 16.0 Å². The summed E-state index contributed by atoms with van der Waals surface area (Å²) in [6.07, 6.45) is 3.45. The average molecular weight is 407 g/mol. The van der Waals surface area contributed by atoms with Crippen molar-refractivity contribution in [1.29, 1.82) is 0 Å². The van der Waals surface area contributed by atoms with E-state index in [0.717, 1.165) is 31.6 Å². The van der Waals surface area contributed by atoms with E-state index >= 15 is 0 Å². The fourth-order valence-electron chi connectivity index (χ4n) is 3.10. The van der Waals surface area contributed by atoms with Crippen LogP contribution >= 0.6 is 24.0 Å². The van der Waals surface area contributed by atoms with E-state index in [1.165, 1.54) is 0 Å². The number of piperidine rings is 1. The van der Waals surface area contributed by atoms with Crippen LogP contribution in [0.15, 0.2) is 53.1 Å². The number of hydrogen-bond acceptors (Lipinski definition) is 4. The SMILES string of the molecule is Cl.O=C(NC1CCNCC1)c1cc(-c2ccco2)n(-c2ccc(Cl)cc2)n1. The Hall–Kier alpha value is -2.28. The molecule has 3 aromatic rings. The first-order valence-corrected chi connectivity index (χ1v) is 9.00. The minimum Gasteiger partial charge on any atom is -0.463 e. The van der Waals surface area contributed by atoms with E-state index in [2.05, 4.69) is 15.7 Å². The highest BCUT2D eigenvalue weighted by Crippen LogP contribution is 2.25. The van der Waals surface area contributed by atoms with Gasteiger partial charge in [-0.05, 0) is 62.3 Å². The van der Waals surface area contributed by atoms with Gasteiger partial charge in [-0.15, -0.1) is 12.4 Å². The number of nitrogens with zero attached hydrogens (tertiary/aromatic N) is 2. The van der Waals surface area contributed by atoms with Crippen molar-refractivity contribution in [2.45, 2.75) is 18.9 Å². The minimum atomic E-state index is -0.169. The summed E-state index contributed by atoms with van der Waals surface area (Å²) >= 11 is 5.99. The second-order valence-corrected chi connectivity index (χ2v) is 6.71. The lowest BCUT2D eigenvalue weighted by molar-refractivity contribution is 0.0924. The van der Waals surface area contributed by atoms with Crippen LogP contribution < -0.4 is 10.6 Å². The number of furan rings is 1. The Morgan fingerprint density at radius 1 is 1.22 bits per heavy atom. The third kappa shape index (κ3) is 4.35. The molecule has 3 heterocycles. The summed E-state index contributed by atoms with van der Waals surface area (Å²) in [6, 6.07) is 12.9. The predicted octanol–water partition coefficient (Wildman–Crippen LogP) is 3.69. The van der Waals surface area contributed by atoms with Crippen molar-refractivity contribution >= 4 is 29.9 Å². The Kier molecular flexibility index (Phi) is 6.21. The first-order chi connectivity index (χ1) is 12.7. The topological polar surface area (TPSA) is 72.1 Å². The molecule has 1 aliphatic heterocycles. The lowest BCUT2D eigenvalue weighted by Crippen LogP contribution is -2.42. The molecule has 142 valence electrons. The summed E-state index contributed by atoms with van der Waals surface area (Å²) in [5.41, 5.74) is 1.89. The zero-order valence-electron chi connectivity index (χ0n) is 14.5. The summed E-state index contributed by atoms with van der Waals surface area (Å²) < 4.78 is 7.22. The standard InChI is InChI=1S/C19H19ClN4O2.ClH/c20-13-3-5-15(6-4-13)24-17(18-2-1-11-26-18)12-16(23-24)19(25)22-14-7-9-21-10-8-14;/h1-6,11-12,14,21H,7-10H2,(H,22,25);1H. The fraction of sp³-hybridized carbons (Fsp3) is 0.263. The highest BCUT2D eigenvalue weighted by Gasteiger charge is 2.21. The van der Waals surface area contributed by atoms with Crippen LogP contribution in [0.2, 0.25) is 5.02 Å². The maximum absolute atomic E-state index is 12.7. The Bertz CT molecular complexity index is 885. The zero-order chi connectivity index (χ0) is 17.9. The third-order valence-electron chi connectivity index (χ3n) is 4.46. The van der Waals surface area contributed by atoms with E-state index in [-0.39, 0.29) is 24.4 Å². The van der Waals surface area contributed by atoms with Crippen molar-refractivity contribution in [1.82, 2.24) is 20.4 Å². The van der Waals surface area contributed by atoms with Crippen LogP contribution in [0.3, 0.4) is 0 Å². The van der Waals surface area contributed by atoms with Gasteiger partial charge in [-0.1, -0.05) is 11.6 Å². The van der Waals surface area contributed by atoms with E-state index < -0.39 is 0 Å². The lowest BCUT2D eigenvalue weighted by Gasteiger charge is -2.23. The molecule has 1 saturated heterocycles. The highest BCUT2D eigenvalue weighted by molar-refractivity contribution is 6.30. The molecule has 0 bridgehead atoms. The molecule has 1 aromatic carbocycles. The van der Waals surface area contributed by atoms with Crippen molar-refractivity contribution in [2.24, 2.45) is 0 Å². The van der Waals surface area contributed by atoms with Gasteiger partial charge in [0.25, 0.3) is 5.91 Å². The quantitative estimate of drug-likeness (QED) is 0.692. The molecule has 27 heavy (non-hydrogen) atoms. The molecule has 0 aliphatic carbocycles. The number of hydrogen-bond donors (Lipinski definition) is 2. The van der Waals surface area contributed by atoms with Gasteiger partial charge in [0.2, 0.25) is 0 Å². The van der Waals surface area contributed by atoms with Crippen LogP contribution in [-0.2, 0) is 0 Å². The fourth-order valence-corrected chi connectivity index (χ4v) is 3.22. The van der Waals surface area contributed by atoms with Crippen molar-refractivity contribution in [3.63, 3.8) is 0 Å². The molecule has 1 aliphatic rings. The van der Waals surface area contributed by atoms with E-state index in [9.17, 15) is 4.79 Å². The highest BCUT2D eigenvalue weighted by atomic mass is 35.5. The van der Waals surface area contributed by atoms with Crippen LogP contribution in [0.1, 0.15) is 23.3 Å². The van der Waals surface area contributed by atoms with Crippen molar-refractivity contribution < 1.29 is 9.21 Å². The summed E-state index contributed by atoms with van der Waals surface area (Å²) in [5.74, 6) is 0.478. The largest absolute Gasteiger partial charge is 0.463 e. The van der Waals surface area contributed by atoms with Gasteiger partial charge in [-0.25, -0.2) is 4.68 Å². The first kappa shape index (κ1) is 19.5. The summed E-state index contributed by atoms with van der Waals surface area (Å²) in [5, 5.41) is 11.5. The molecule has 0 saturated carbocycles. The number of aromatic nitrogens is 2. The smallest absolute Gasteiger partial charge is 0.272 e. The zero-order valence-corrected chi connectivity index (χ0v) is 16.1. The van der Waals surface area contributed by atoms with Gasteiger partial charge in [0.15, 0.2) is 11.5 Å². The Morgan fingerprint density at radius 3 is 2.63 bits per heavy atom. The number of rotatable bonds is 4. The van der Waals surface area contributed by atoms with E-state index in [1.54, 1.807) is 29.1 Å². The normalized spacial score (nSPS) is 14.6. The van der Waals surface area contributed by atoms with Crippen LogP contribution in [0.5, 0.6) is 0 Å². The molecular formula is C19H20Cl2N4O2. The molecule has 2 aromatic heterocycles. The maximum atomic E-state index is 12.7. The second kappa shape index (κ2) is 8.61. The molecule has 6 nitrogen and oxygen atoms in total. The van der Waals surface area contributed by atoms with Crippen molar-refractivity contribution in [2.75, 3.05) is 13.1 Å². The maximum Gasteiger partial charge on any atom is 0.272 e. The number of nitrogens with one attached hydrogen (secondary N) is 2. The Balaban J connectivity index is 0.00000210. The Labute approximate surface area is 168 Å². The van der Waals surface area contributed by atoms with Crippen LogP contribution in [0, 0.1) is 0 Å². The average Bonchev–Trinajstić information content (AvgIpc) is 3.33. The molecule has 4 rings (SSSR count). The predicted molar refractivity (Wildman–Crippen MR) is 107 cm³/mol. The van der Waals surface area contributed by atoms with Gasteiger partial charge in [0.1, 0.15) is 5.69 Å². The molecule has 0 atom stereocenters. The van der Waals surface area contributed by atoms with Crippen LogP contribution in [-0.4, -0.2) is 34.8 Å². The third-order valence-corrected chi connectivity index (χ3v) is 4.71. The Morgan fingerprint density at radius 2 is 1.96 bits per heavy atom. The number of amides is 1. The summed E-state index contributed by atoms with van der Waals surface area (Å²) in [6.45, 7) is 1.84. The van der Waals surface area contributed by atoms with E-state index in [1.807, 2.05) is 24.3 Å². The number of carbonyl (C=O) groups excluding carboxylic acids is 1. The van der Waals surface area contributed by atoms with Gasteiger partial charge < -0.3 is 15.1 Å². The monoisotopic (exact) mass is 406 g/mol. The molecule has 8 heteroatoms. The van der Waals surface area contributed by atoms with Gasteiger partial charge in [0, 0.05) is 17.1 Å². The molecule has 0 spiro atoms. The van der Waals surface area contributed by atoms with Crippen LogP contribution in [0.25, 0.3) is 17.1 Å². The number of carbonyl (C=O) groups is 1. The van der Waals surface area contributed by atoms with Gasteiger partial charge in [0.05, 0.1) is 12.0 Å². The summed E-state index contributed by atoms with van der Waals surface area (Å²) in [7, 11) is 0. The van der Waals surface area contributed by atoms with E-state index in [0.29, 0.717) is 22.2 Å². The number of halogens is 2. The van der Waals surface area contributed by atoms with Gasteiger partial charge >= 0.3 is 0 Å². The second-order valence-electron chi connectivity index (χ2n) is 6.28. The molecule has 2 N–H and O–H groups in total. The molecule has 0 unspecified atom stereocenters. The van der Waals surface area contributed by atoms with Crippen LogP contribution in [0.4, 0.5) is 0 Å². The minimum absolute atomic E-state index is 0. The molecule has 1 amide bonds. The summed E-state index contributed by atoms with van der Waals surface area (Å²) in [4.78, 5) is 12.7. The van der Waals surface area contributed by atoms with Crippen molar-refractivity contribution in [3.8, 4) is 17.1 Å². The van der Waals surface area contributed by atoms with Gasteiger partial charge in [-0.3, -0.25) is 4.79 Å². The molecule has 0 radical (unpaired) electrons. The van der Waals surface area contributed by atoms with Gasteiger partial charge in [-0.2, -0.15) is 5.10 Å². The first-order valence-electron chi connectivity index (χ1n) is 8.62. The number of benzene rings is 1. The molecular weight excluding hydrogens is 387 g/mol. The molecule has 1 fully saturated rings. The van der Waals surface area contributed by atoms with Crippen molar-refractivity contribution in [3.05, 3.63) is 59.4 Å². The lowest BCUT2D eigenvalue weighted by atomic mass is 10.1.